The lowest BCUT2D eigenvalue weighted by Gasteiger charge is -2.44. The maximum atomic E-state index is 13.5. The van der Waals surface area contributed by atoms with Gasteiger partial charge in [-0.3, -0.25) is 14.6 Å². The molecule has 1 fully saturated rings. The molecule has 2 atom stereocenters. The van der Waals surface area contributed by atoms with Crippen LogP contribution in [0.15, 0.2) is 74.6 Å². The zero-order valence-corrected chi connectivity index (χ0v) is 22.5. The van der Waals surface area contributed by atoms with Crippen molar-refractivity contribution in [1.82, 2.24) is 0 Å². The molecule has 5 rings (SSSR count). The number of aliphatic imine (C=N–C) groups is 1. The lowest BCUT2D eigenvalue weighted by Crippen LogP contribution is -2.45. The number of hydrogen-bond donors (Lipinski definition) is 0. The monoisotopic (exact) mass is 523 g/mol. The summed E-state index contributed by atoms with van der Waals surface area (Å²) in [6, 6.07) is 13.0. The minimum Gasteiger partial charge on any atom is -0.299 e. The number of ketones is 2. The molecule has 188 valence electrons. The van der Waals surface area contributed by atoms with Gasteiger partial charge in [0.25, 0.3) is 0 Å². The van der Waals surface area contributed by atoms with E-state index < -0.39 is 21.7 Å². The Labute approximate surface area is 217 Å². The second-order valence-electron chi connectivity index (χ2n) is 11.9. The average Bonchev–Trinajstić information content (AvgIpc) is 2.77. The van der Waals surface area contributed by atoms with E-state index >= 15 is 0 Å². The maximum Gasteiger partial charge on any atom is 0.208 e. The van der Waals surface area contributed by atoms with Crippen molar-refractivity contribution in [2.75, 3.05) is 0 Å². The number of allylic oxidation sites excluding steroid dienone is 2. The van der Waals surface area contributed by atoms with Crippen LogP contribution in [0.1, 0.15) is 64.9 Å². The van der Waals surface area contributed by atoms with Crippen LogP contribution in [-0.2, 0) is 19.4 Å². The summed E-state index contributed by atoms with van der Waals surface area (Å²) >= 11 is 6.43. The summed E-state index contributed by atoms with van der Waals surface area (Å²) in [6.45, 7) is 8.23. The summed E-state index contributed by atoms with van der Waals surface area (Å²) in [5.74, 6) is -1.12. The van der Waals surface area contributed by atoms with E-state index in [1.54, 1.807) is 36.4 Å². The molecule has 2 aromatic carbocycles. The third kappa shape index (κ3) is 4.28. The van der Waals surface area contributed by atoms with Crippen LogP contribution in [0.4, 0.5) is 0 Å². The highest BCUT2D eigenvalue weighted by Crippen LogP contribution is 2.52. The largest absolute Gasteiger partial charge is 0.299 e. The van der Waals surface area contributed by atoms with Gasteiger partial charge in [0, 0.05) is 35.7 Å². The van der Waals surface area contributed by atoms with Gasteiger partial charge in [0.05, 0.1) is 20.7 Å². The van der Waals surface area contributed by atoms with E-state index in [-0.39, 0.29) is 37.2 Å². The minimum absolute atomic E-state index is 0.0194. The van der Waals surface area contributed by atoms with E-state index in [2.05, 4.69) is 27.7 Å². The summed E-state index contributed by atoms with van der Waals surface area (Å²) in [5, 5.41) is 0.105. The smallest absolute Gasteiger partial charge is 0.208 e. The van der Waals surface area contributed by atoms with Crippen LogP contribution in [-0.4, -0.2) is 25.7 Å². The van der Waals surface area contributed by atoms with Gasteiger partial charge in [-0.25, -0.2) is 8.42 Å². The highest BCUT2D eigenvalue weighted by Gasteiger charge is 2.50. The first-order chi connectivity index (χ1) is 16.8. The van der Waals surface area contributed by atoms with Gasteiger partial charge < -0.3 is 0 Å². The van der Waals surface area contributed by atoms with E-state index in [0.29, 0.717) is 36.8 Å². The highest BCUT2D eigenvalue weighted by atomic mass is 35.5. The molecule has 3 aliphatic rings. The normalized spacial score (nSPS) is 25.2. The molecule has 0 aromatic heterocycles. The van der Waals surface area contributed by atoms with Crippen molar-refractivity contribution in [3.8, 4) is 0 Å². The number of sulfone groups is 1. The Bertz CT molecular complexity index is 1450. The molecule has 1 heterocycles. The lowest BCUT2D eigenvalue weighted by molar-refractivity contribution is -0.124. The molecule has 1 saturated carbocycles. The fourth-order valence-electron chi connectivity index (χ4n) is 6.02. The van der Waals surface area contributed by atoms with Crippen LogP contribution >= 0.6 is 11.6 Å². The summed E-state index contributed by atoms with van der Waals surface area (Å²) in [6.07, 6.45) is 2.05. The molecule has 2 aliphatic carbocycles. The van der Waals surface area contributed by atoms with Crippen molar-refractivity contribution >= 4 is 38.7 Å². The van der Waals surface area contributed by atoms with E-state index in [0.717, 1.165) is 11.4 Å². The van der Waals surface area contributed by atoms with Crippen LogP contribution in [0.25, 0.3) is 0 Å². The van der Waals surface area contributed by atoms with Gasteiger partial charge in [-0.15, -0.1) is 0 Å². The number of hydrogen-bond acceptors (Lipinski definition) is 5. The Morgan fingerprint density at radius 2 is 1.53 bits per heavy atom. The van der Waals surface area contributed by atoms with Crippen LogP contribution in [0.2, 0.25) is 5.02 Å². The molecule has 1 aliphatic heterocycles. The van der Waals surface area contributed by atoms with Gasteiger partial charge in [0.2, 0.25) is 9.84 Å². The molecule has 36 heavy (non-hydrogen) atoms. The fraction of sp³-hybridized carbons (Fsp3) is 0.414. The first kappa shape index (κ1) is 25.1. The number of carbonyl (C=O) groups is 2. The molecule has 0 spiro atoms. The lowest BCUT2D eigenvalue weighted by atomic mass is 9.60. The maximum absolute atomic E-state index is 13.5. The van der Waals surface area contributed by atoms with Gasteiger partial charge in [0.1, 0.15) is 5.78 Å². The van der Waals surface area contributed by atoms with Crippen molar-refractivity contribution in [2.45, 2.75) is 69.1 Å². The zero-order valence-electron chi connectivity index (χ0n) is 21.0. The number of Topliss-reactive ketones (excluding diaryl/α,β-unsaturated/α-hetero) is 2. The van der Waals surface area contributed by atoms with E-state index in [9.17, 15) is 18.0 Å². The van der Waals surface area contributed by atoms with Crippen LogP contribution in [0.5, 0.6) is 0 Å². The van der Waals surface area contributed by atoms with Gasteiger partial charge in [-0.05, 0) is 53.5 Å². The standard InChI is InChI=1S/C29H30ClNO4S/c1-28(2)13-20-26(22(32)15-28)25(27-21(31-20)14-29(3,4)16-23(27)33)17-10-11-19(30)24(12-17)36(34,35)18-8-6-5-7-9-18/h5-12,25-26H,13-16H2,1-4H3. The Morgan fingerprint density at radius 3 is 2.22 bits per heavy atom. The molecule has 0 radical (unpaired) electrons. The molecular weight excluding hydrogens is 494 g/mol. The molecule has 0 saturated heterocycles. The van der Waals surface area contributed by atoms with Crippen molar-refractivity contribution in [2.24, 2.45) is 21.7 Å². The van der Waals surface area contributed by atoms with Gasteiger partial charge in [-0.2, -0.15) is 0 Å². The molecule has 0 N–H and O–H groups in total. The summed E-state index contributed by atoms with van der Waals surface area (Å²) in [4.78, 5) is 32.1. The number of benzene rings is 2. The van der Waals surface area contributed by atoms with Crippen molar-refractivity contribution in [1.29, 1.82) is 0 Å². The molecule has 2 unspecified atom stereocenters. The van der Waals surface area contributed by atoms with Crippen molar-refractivity contribution < 1.29 is 18.0 Å². The Balaban J connectivity index is 1.71. The minimum atomic E-state index is -3.90. The number of nitrogens with zero attached hydrogens (tertiary/aromatic N) is 1. The molecule has 7 heteroatoms. The number of halogens is 1. The number of carbonyl (C=O) groups excluding carboxylic acids is 2. The first-order valence-electron chi connectivity index (χ1n) is 12.3. The second kappa shape index (κ2) is 8.49. The predicted octanol–water partition coefficient (Wildman–Crippen LogP) is 6.36. The van der Waals surface area contributed by atoms with E-state index in [1.807, 2.05) is 0 Å². The molecular formula is C29H30ClNO4S. The third-order valence-corrected chi connectivity index (χ3v) is 9.75. The Kier molecular flexibility index (Phi) is 5.92. The first-order valence-corrected chi connectivity index (χ1v) is 14.1. The van der Waals surface area contributed by atoms with E-state index in [1.165, 1.54) is 12.1 Å². The van der Waals surface area contributed by atoms with Gasteiger partial charge in [0.15, 0.2) is 5.78 Å². The fourth-order valence-corrected chi connectivity index (χ4v) is 7.82. The summed E-state index contributed by atoms with van der Waals surface area (Å²) < 4.78 is 27.0. The topological polar surface area (TPSA) is 80.6 Å². The molecule has 2 aromatic rings. The number of fused-ring (bicyclic) bond motifs is 1. The summed E-state index contributed by atoms with van der Waals surface area (Å²) in [7, 11) is -3.90. The number of rotatable bonds is 3. The molecule has 0 bridgehead atoms. The van der Waals surface area contributed by atoms with E-state index in [4.69, 9.17) is 16.6 Å². The Hall–Kier alpha value is -2.57. The Morgan fingerprint density at radius 1 is 0.861 bits per heavy atom. The van der Waals surface area contributed by atoms with Crippen molar-refractivity contribution in [3.63, 3.8) is 0 Å². The molecule has 0 amide bonds. The quantitative estimate of drug-likeness (QED) is 0.468. The van der Waals surface area contributed by atoms with Crippen LogP contribution in [0.3, 0.4) is 0 Å². The SMILES string of the molecule is CC1(C)CC(=O)C2C(=NC3=C(C(=O)CC(C)(C)C3)C2c2ccc(Cl)c(S(=O)(=O)c3ccccc3)c2)C1. The zero-order chi connectivity index (χ0) is 26.0. The van der Waals surface area contributed by atoms with Gasteiger partial charge >= 0.3 is 0 Å². The van der Waals surface area contributed by atoms with Gasteiger partial charge in [-0.1, -0.05) is 63.6 Å². The average molecular weight is 524 g/mol. The molecule has 5 nitrogen and oxygen atoms in total. The summed E-state index contributed by atoms with van der Waals surface area (Å²) in [5.41, 5.74) is 2.26. The third-order valence-electron chi connectivity index (χ3n) is 7.50. The van der Waals surface area contributed by atoms with Crippen molar-refractivity contribution in [3.05, 3.63) is 70.4 Å². The van der Waals surface area contributed by atoms with Crippen LogP contribution in [0, 0.1) is 16.7 Å². The predicted molar refractivity (Wildman–Crippen MR) is 140 cm³/mol. The van der Waals surface area contributed by atoms with Crippen LogP contribution < -0.4 is 0 Å². The second-order valence-corrected chi connectivity index (χ2v) is 14.2. The highest BCUT2D eigenvalue weighted by molar-refractivity contribution is 7.91.